The van der Waals surface area contributed by atoms with Gasteiger partial charge >= 0.3 is 5.97 Å². The Morgan fingerprint density at radius 2 is 2.17 bits per heavy atom. The number of alkyl halides is 3. The van der Waals surface area contributed by atoms with E-state index < -0.39 is 12.4 Å². The number of pyridine rings is 1. The molecule has 100 valence electrons. The second kappa shape index (κ2) is 6.49. The van der Waals surface area contributed by atoms with E-state index in [0.29, 0.717) is 5.56 Å². The minimum atomic E-state index is -2.72. The van der Waals surface area contributed by atoms with E-state index in [4.69, 9.17) is 16.3 Å². The predicted molar refractivity (Wildman–Crippen MR) is 61.0 cm³/mol. The first-order valence-electron chi connectivity index (χ1n) is 5.01. The number of esters is 1. The van der Waals surface area contributed by atoms with Gasteiger partial charge in [-0.1, -0.05) is 0 Å². The van der Waals surface area contributed by atoms with E-state index in [0.717, 1.165) is 0 Å². The highest BCUT2D eigenvalue weighted by Crippen LogP contribution is 2.30. The first-order chi connectivity index (χ1) is 8.53. The molecule has 7 heteroatoms. The molecule has 0 aliphatic rings. The van der Waals surface area contributed by atoms with Crippen LogP contribution in [0.2, 0.25) is 0 Å². The van der Waals surface area contributed by atoms with Crippen molar-refractivity contribution in [3.63, 3.8) is 0 Å². The van der Waals surface area contributed by atoms with Gasteiger partial charge in [-0.15, -0.1) is 11.6 Å². The zero-order valence-electron chi connectivity index (χ0n) is 9.87. The molecule has 1 aromatic heterocycles. The SMILES string of the molecule is COC(=O)Cc1nc(OC)c(C(F)F)cc1CCl. The maximum Gasteiger partial charge on any atom is 0.311 e. The standard InChI is InChI=1S/C11H12ClF2NO3/c1-17-9(16)4-8-6(5-12)3-7(10(13)14)11(15-8)18-2/h3,10H,4-5H2,1-2H3. The molecular weight excluding hydrogens is 268 g/mol. The Hall–Kier alpha value is -1.43. The molecule has 0 fully saturated rings. The summed E-state index contributed by atoms with van der Waals surface area (Å²) in [5, 5.41) is 0. The van der Waals surface area contributed by atoms with Gasteiger partial charge in [0.25, 0.3) is 6.43 Å². The normalized spacial score (nSPS) is 10.6. The van der Waals surface area contributed by atoms with Crippen molar-refractivity contribution in [2.24, 2.45) is 0 Å². The summed E-state index contributed by atoms with van der Waals surface area (Å²) in [6, 6.07) is 1.20. The van der Waals surface area contributed by atoms with Gasteiger partial charge in [0.15, 0.2) is 0 Å². The highest BCUT2D eigenvalue weighted by atomic mass is 35.5. The molecule has 0 N–H and O–H groups in total. The number of hydrogen-bond acceptors (Lipinski definition) is 4. The van der Waals surface area contributed by atoms with Crippen LogP contribution in [0, 0.1) is 0 Å². The monoisotopic (exact) mass is 279 g/mol. The average molecular weight is 280 g/mol. The van der Waals surface area contributed by atoms with E-state index in [2.05, 4.69) is 9.72 Å². The first kappa shape index (κ1) is 14.6. The summed E-state index contributed by atoms with van der Waals surface area (Å²) in [6.07, 6.45) is -2.86. The van der Waals surface area contributed by atoms with Crippen LogP contribution in [0.3, 0.4) is 0 Å². The molecule has 0 atom stereocenters. The fourth-order valence-electron chi connectivity index (χ4n) is 1.39. The van der Waals surface area contributed by atoms with Gasteiger partial charge in [0.05, 0.1) is 31.9 Å². The van der Waals surface area contributed by atoms with Crippen molar-refractivity contribution in [2.75, 3.05) is 14.2 Å². The van der Waals surface area contributed by atoms with Crippen molar-refractivity contribution in [1.29, 1.82) is 0 Å². The Balaban J connectivity index is 3.21. The van der Waals surface area contributed by atoms with Crippen LogP contribution in [-0.2, 0) is 21.8 Å². The van der Waals surface area contributed by atoms with Crippen LogP contribution in [0.15, 0.2) is 6.07 Å². The van der Waals surface area contributed by atoms with Crippen LogP contribution in [0.25, 0.3) is 0 Å². The molecule has 0 saturated heterocycles. The smallest absolute Gasteiger partial charge is 0.311 e. The van der Waals surface area contributed by atoms with E-state index in [1.807, 2.05) is 0 Å². The number of carbonyl (C=O) groups excluding carboxylic acids is 1. The van der Waals surface area contributed by atoms with Crippen molar-refractivity contribution in [1.82, 2.24) is 4.98 Å². The molecule has 0 aromatic carbocycles. The van der Waals surface area contributed by atoms with Crippen molar-refractivity contribution >= 4 is 17.6 Å². The van der Waals surface area contributed by atoms with E-state index in [-0.39, 0.29) is 29.4 Å². The number of hydrogen-bond donors (Lipinski definition) is 0. The average Bonchev–Trinajstić information content (AvgIpc) is 2.37. The molecule has 0 saturated carbocycles. The van der Waals surface area contributed by atoms with Crippen molar-refractivity contribution in [3.05, 3.63) is 22.9 Å². The molecule has 0 aliphatic carbocycles. The maximum atomic E-state index is 12.7. The quantitative estimate of drug-likeness (QED) is 0.614. The van der Waals surface area contributed by atoms with Crippen molar-refractivity contribution in [2.45, 2.75) is 18.7 Å². The van der Waals surface area contributed by atoms with Gasteiger partial charge in [0.2, 0.25) is 5.88 Å². The third-order valence-electron chi connectivity index (χ3n) is 2.30. The van der Waals surface area contributed by atoms with Gasteiger partial charge in [-0.3, -0.25) is 4.79 Å². The van der Waals surface area contributed by atoms with E-state index in [1.54, 1.807) is 0 Å². The lowest BCUT2D eigenvalue weighted by Gasteiger charge is -2.12. The highest BCUT2D eigenvalue weighted by molar-refractivity contribution is 6.17. The number of halogens is 3. The molecule has 4 nitrogen and oxygen atoms in total. The lowest BCUT2D eigenvalue weighted by molar-refractivity contribution is -0.139. The molecule has 1 rings (SSSR count). The predicted octanol–water partition coefficient (Wildman–Crippen LogP) is 2.48. The minimum absolute atomic E-state index is 0.0248. The topological polar surface area (TPSA) is 48.4 Å². The number of aromatic nitrogens is 1. The molecular formula is C11H12ClF2NO3. The summed E-state index contributed by atoms with van der Waals surface area (Å²) in [5.41, 5.74) is 0.290. The second-order valence-electron chi connectivity index (χ2n) is 3.38. The fourth-order valence-corrected chi connectivity index (χ4v) is 1.62. The zero-order chi connectivity index (χ0) is 13.7. The zero-order valence-corrected chi connectivity index (χ0v) is 10.6. The number of rotatable bonds is 5. The number of carbonyl (C=O) groups is 1. The van der Waals surface area contributed by atoms with E-state index in [1.165, 1.54) is 20.3 Å². The number of nitrogens with zero attached hydrogens (tertiary/aromatic N) is 1. The molecule has 18 heavy (non-hydrogen) atoms. The lowest BCUT2D eigenvalue weighted by atomic mass is 10.1. The Kier molecular flexibility index (Phi) is 5.27. The van der Waals surface area contributed by atoms with Crippen LogP contribution < -0.4 is 4.74 Å². The third kappa shape index (κ3) is 3.29. The Morgan fingerprint density at radius 1 is 1.50 bits per heavy atom. The van der Waals surface area contributed by atoms with Gasteiger partial charge in [0.1, 0.15) is 0 Å². The molecule has 1 aromatic rings. The fraction of sp³-hybridized carbons (Fsp3) is 0.455. The van der Waals surface area contributed by atoms with Gasteiger partial charge in [-0.2, -0.15) is 0 Å². The van der Waals surface area contributed by atoms with E-state index >= 15 is 0 Å². The Morgan fingerprint density at radius 3 is 2.61 bits per heavy atom. The summed E-state index contributed by atoms with van der Waals surface area (Å²) >= 11 is 5.65. The van der Waals surface area contributed by atoms with Gasteiger partial charge in [-0.25, -0.2) is 13.8 Å². The van der Waals surface area contributed by atoms with Crippen LogP contribution in [0.5, 0.6) is 5.88 Å². The van der Waals surface area contributed by atoms with Crippen LogP contribution in [-0.4, -0.2) is 25.2 Å². The first-order valence-corrected chi connectivity index (χ1v) is 5.54. The molecule has 0 aliphatic heterocycles. The molecule has 0 amide bonds. The summed E-state index contributed by atoms with van der Waals surface area (Å²) in [4.78, 5) is 15.1. The Labute approximate surface area is 108 Å². The van der Waals surface area contributed by atoms with Crippen molar-refractivity contribution in [3.8, 4) is 5.88 Å². The van der Waals surface area contributed by atoms with E-state index in [9.17, 15) is 13.6 Å². The summed E-state index contributed by atoms with van der Waals surface area (Å²) < 4.78 is 34.7. The van der Waals surface area contributed by atoms with Gasteiger partial charge < -0.3 is 9.47 Å². The van der Waals surface area contributed by atoms with Gasteiger partial charge in [-0.05, 0) is 11.6 Å². The van der Waals surface area contributed by atoms with Crippen LogP contribution in [0.1, 0.15) is 23.2 Å². The minimum Gasteiger partial charge on any atom is -0.481 e. The summed E-state index contributed by atoms with van der Waals surface area (Å²) in [5.74, 6) is -0.762. The molecule has 0 spiro atoms. The molecule has 0 radical (unpaired) electrons. The molecule has 0 unspecified atom stereocenters. The number of methoxy groups -OCH3 is 2. The lowest BCUT2D eigenvalue weighted by Crippen LogP contribution is -2.10. The third-order valence-corrected chi connectivity index (χ3v) is 2.58. The van der Waals surface area contributed by atoms with Crippen molar-refractivity contribution < 1.29 is 23.0 Å². The molecule has 1 heterocycles. The summed E-state index contributed by atoms with van der Waals surface area (Å²) in [6.45, 7) is 0. The highest BCUT2D eigenvalue weighted by Gasteiger charge is 2.20. The molecule has 0 bridgehead atoms. The van der Waals surface area contributed by atoms with Crippen LogP contribution >= 0.6 is 11.6 Å². The maximum absolute atomic E-state index is 12.7. The second-order valence-corrected chi connectivity index (χ2v) is 3.65. The van der Waals surface area contributed by atoms with Gasteiger partial charge in [0, 0.05) is 5.88 Å². The Bertz CT molecular complexity index is 441. The summed E-state index contributed by atoms with van der Waals surface area (Å²) in [7, 11) is 2.46. The largest absolute Gasteiger partial charge is 0.481 e. The van der Waals surface area contributed by atoms with Crippen LogP contribution in [0.4, 0.5) is 8.78 Å². The number of ether oxygens (including phenoxy) is 2.